The van der Waals surface area contributed by atoms with Crippen molar-refractivity contribution in [2.24, 2.45) is 0 Å². The lowest BCUT2D eigenvalue weighted by Gasteiger charge is -2.11. The van der Waals surface area contributed by atoms with Crippen LogP contribution in [-0.2, 0) is 0 Å². The van der Waals surface area contributed by atoms with Crippen molar-refractivity contribution < 1.29 is 18.3 Å². The van der Waals surface area contributed by atoms with E-state index in [1.54, 1.807) is 24.3 Å². The fraction of sp³-hybridized carbons (Fsp3) is 0.219. The topological polar surface area (TPSA) is 42.2 Å². The maximum absolute atomic E-state index is 14.4. The molecule has 7 heteroatoms. The molecule has 0 N–H and O–H groups in total. The number of rotatable bonds is 9. The second kappa shape index (κ2) is 18.1. The van der Waals surface area contributed by atoms with Crippen molar-refractivity contribution in [3.8, 4) is 39.8 Å². The van der Waals surface area contributed by atoms with Crippen molar-refractivity contribution in [1.82, 2.24) is 0 Å². The average molecular weight is 568 g/mol. The summed E-state index contributed by atoms with van der Waals surface area (Å²) in [6.45, 7) is 4.44. The maximum atomic E-state index is 14.4. The summed E-state index contributed by atoms with van der Waals surface area (Å²) in [7, 11) is 2.44. The van der Waals surface area contributed by atoms with Gasteiger partial charge in [0.05, 0.1) is 11.6 Å². The van der Waals surface area contributed by atoms with Gasteiger partial charge in [0.25, 0.3) is 0 Å². The molecule has 2 atom stereocenters. The Hall–Kier alpha value is -3.31. The fourth-order valence-electron chi connectivity index (χ4n) is 3.35. The Kier molecular flexibility index (Phi) is 15.6. The van der Waals surface area contributed by atoms with Gasteiger partial charge in [0.1, 0.15) is 23.1 Å². The largest absolute Gasteiger partial charge is 0.458 e. The second-order valence-electron chi connectivity index (χ2n) is 7.95. The van der Waals surface area contributed by atoms with Crippen LogP contribution >= 0.6 is 16.5 Å². The first-order valence-corrected chi connectivity index (χ1v) is 15.6. The number of benzene rings is 4. The van der Waals surface area contributed by atoms with Crippen LogP contribution in [0, 0.1) is 23.0 Å². The zero-order valence-electron chi connectivity index (χ0n) is 20.8. The van der Waals surface area contributed by atoms with E-state index in [0.717, 1.165) is 11.1 Å². The number of nitrogens with zero attached hydrogens (tertiary/aromatic N) is 1. The predicted octanol–water partition coefficient (Wildman–Crippen LogP) is 10.2. The molecule has 0 heterocycles. The molecular formula is C32H37F2NO2P2. The monoisotopic (exact) mass is 567 g/mol. The molecule has 0 aliphatic heterocycles. The minimum atomic E-state index is -0.462. The third-order valence-electron chi connectivity index (χ3n) is 5.30. The van der Waals surface area contributed by atoms with E-state index in [1.165, 1.54) is 59.5 Å². The molecule has 0 aliphatic rings. The van der Waals surface area contributed by atoms with Gasteiger partial charge in [0.2, 0.25) is 6.79 Å². The van der Waals surface area contributed by atoms with Gasteiger partial charge in [0, 0.05) is 11.6 Å². The summed E-state index contributed by atoms with van der Waals surface area (Å²) in [6.07, 6.45) is 2.83. The summed E-state index contributed by atoms with van der Waals surface area (Å²) in [6, 6.07) is 27.0. The summed E-state index contributed by atoms with van der Waals surface area (Å²) in [4.78, 5) is 0. The van der Waals surface area contributed by atoms with Gasteiger partial charge in [-0.05, 0) is 78.0 Å². The van der Waals surface area contributed by atoms with Crippen LogP contribution < -0.4 is 9.47 Å². The van der Waals surface area contributed by atoms with Crippen molar-refractivity contribution in [3.63, 3.8) is 0 Å². The Morgan fingerprint density at radius 3 is 1.79 bits per heavy atom. The predicted molar refractivity (Wildman–Crippen MR) is 166 cm³/mol. The first-order chi connectivity index (χ1) is 18.0. The van der Waals surface area contributed by atoms with Crippen LogP contribution in [0.2, 0.25) is 0 Å². The van der Waals surface area contributed by atoms with Crippen LogP contribution in [-0.4, -0.2) is 19.6 Å². The lowest BCUT2D eigenvalue weighted by atomic mass is 10.0. The normalized spacial score (nSPS) is 10.2. The lowest BCUT2D eigenvalue weighted by molar-refractivity contribution is 0.119. The van der Waals surface area contributed by atoms with Gasteiger partial charge in [-0.15, -0.1) is 8.27 Å². The quantitative estimate of drug-likeness (QED) is 0.115. The van der Waals surface area contributed by atoms with Crippen LogP contribution in [0.15, 0.2) is 91.0 Å². The summed E-state index contributed by atoms with van der Waals surface area (Å²) < 4.78 is 38.5. The van der Waals surface area contributed by atoms with E-state index in [0.29, 0.717) is 28.2 Å². The standard InChI is InChI=1S/C26H17F2NO2.C4H12P2.2CH4/c27-22-9-5-21(6-10-22)25-14-13-24(15-26(25)28)31-17-30-23-11-7-20(8-12-23)19-3-1-18(16-29)2-4-19;1-3-4-6-5-2;;/h1-15H,17H2;5-6H,3-4H2,1-2H3;2*1H4. The van der Waals surface area contributed by atoms with E-state index >= 15 is 0 Å². The first-order valence-electron chi connectivity index (χ1n) is 11.8. The summed E-state index contributed by atoms with van der Waals surface area (Å²) in [5.41, 5.74) is 3.56. The average Bonchev–Trinajstić information content (AvgIpc) is 2.93. The summed E-state index contributed by atoms with van der Waals surface area (Å²) >= 11 is 0. The molecule has 0 fully saturated rings. The van der Waals surface area contributed by atoms with E-state index in [4.69, 9.17) is 14.7 Å². The molecule has 0 saturated heterocycles. The lowest BCUT2D eigenvalue weighted by Crippen LogP contribution is -2.05. The Labute approximate surface area is 235 Å². The Morgan fingerprint density at radius 1 is 0.744 bits per heavy atom. The van der Waals surface area contributed by atoms with Crippen molar-refractivity contribution in [1.29, 1.82) is 5.26 Å². The zero-order valence-corrected chi connectivity index (χ0v) is 22.8. The van der Waals surface area contributed by atoms with Crippen molar-refractivity contribution >= 4 is 16.5 Å². The van der Waals surface area contributed by atoms with E-state index < -0.39 is 5.82 Å². The van der Waals surface area contributed by atoms with Gasteiger partial charge >= 0.3 is 0 Å². The van der Waals surface area contributed by atoms with Crippen LogP contribution in [0.4, 0.5) is 8.78 Å². The molecule has 2 unspecified atom stereocenters. The maximum Gasteiger partial charge on any atom is 0.230 e. The minimum Gasteiger partial charge on any atom is -0.458 e. The SMILES string of the molecule is C.C.CCCPPC.N#Cc1ccc(-c2ccc(OCOc3ccc(-c4ccc(F)cc4)c(F)c3)cc2)cc1. The molecule has 0 saturated carbocycles. The number of halogens is 2. The molecule has 0 aromatic heterocycles. The van der Waals surface area contributed by atoms with Gasteiger partial charge in [-0.2, -0.15) is 5.26 Å². The van der Waals surface area contributed by atoms with Crippen molar-refractivity contribution in [3.05, 3.63) is 108 Å². The third kappa shape index (κ3) is 10.8. The highest BCUT2D eigenvalue weighted by atomic mass is 32.0. The highest BCUT2D eigenvalue weighted by Gasteiger charge is 2.07. The summed E-state index contributed by atoms with van der Waals surface area (Å²) in [5, 5.41) is 8.88. The second-order valence-corrected chi connectivity index (χ2v) is 11.9. The van der Waals surface area contributed by atoms with Gasteiger partial charge in [-0.25, -0.2) is 8.78 Å². The van der Waals surface area contributed by atoms with Crippen LogP contribution in [0.5, 0.6) is 11.5 Å². The van der Waals surface area contributed by atoms with Crippen LogP contribution in [0.25, 0.3) is 22.3 Å². The van der Waals surface area contributed by atoms with E-state index in [2.05, 4.69) is 19.7 Å². The van der Waals surface area contributed by atoms with Gasteiger partial charge in [-0.1, -0.05) is 72.9 Å². The fourth-order valence-corrected chi connectivity index (χ4v) is 5.35. The minimum absolute atomic E-state index is 0. The van der Waals surface area contributed by atoms with Crippen LogP contribution in [0.1, 0.15) is 33.8 Å². The molecule has 3 nitrogen and oxygen atoms in total. The molecule has 4 rings (SSSR count). The third-order valence-corrected chi connectivity index (χ3v) is 8.21. The van der Waals surface area contributed by atoms with E-state index in [9.17, 15) is 8.78 Å². The summed E-state index contributed by atoms with van der Waals surface area (Å²) in [5.74, 6) is 0.112. The van der Waals surface area contributed by atoms with Gasteiger partial charge in [-0.3, -0.25) is 0 Å². The number of hydrogen-bond acceptors (Lipinski definition) is 3. The molecule has 0 spiro atoms. The zero-order chi connectivity index (χ0) is 26.5. The van der Waals surface area contributed by atoms with Crippen LogP contribution in [0.3, 0.4) is 0 Å². The number of hydrogen-bond donors (Lipinski definition) is 0. The molecule has 4 aromatic carbocycles. The van der Waals surface area contributed by atoms with Crippen molar-refractivity contribution in [2.45, 2.75) is 28.2 Å². The van der Waals surface area contributed by atoms with Gasteiger partial charge in [0.15, 0.2) is 0 Å². The molecular weight excluding hydrogens is 530 g/mol. The molecule has 0 radical (unpaired) electrons. The first kappa shape index (κ1) is 33.7. The Bertz CT molecular complexity index is 1290. The molecule has 0 aliphatic carbocycles. The molecule has 4 aromatic rings. The molecule has 0 amide bonds. The highest BCUT2D eigenvalue weighted by molar-refractivity contribution is 8.11. The number of nitriles is 1. The van der Waals surface area contributed by atoms with Gasteiger partial charge < -0.3 is 9.47 Å². The molecule has 206 valence electrons. The molecule has 0 bridgehead atoms. The van der Waals surface area contributed by atoms with E-state index in [-0.39, 0.29) is 27.5 Å². The Morgan fingerprint density at radius 2 is 1.28 bits per heavy atom. The Balaban J connectivity index is 0.000000858. The highest BCUT2D eigenvalue weighted by Crippen LogP contribution is 2.32. The molecule has 39 heavy (non-hydrogen) atoms. The smallest absolute Gasteiger partial charge is 0.230 e. The van der Waals surface area contributed by atoms with E-state index in [1.807, 2.05) is 36.4 Å². The van der Waals surface area contributed by atoms with Crippen molar-refractivity contribution in [2.75, 3.05) is 19.6 Å². The number of ether oxygens (including phenoxy) is 2.